The van der Waals surface area contributed by atoms with E-state index in [0.29, 0.717) is 18.8 Å². The van der Waals surface area contributed by atoms with E-state index in [9.17, 15) is 13.2 Å². The van der Waals surface area contributed by atoms with Crippen molar-refractivity contribution in [3.63, 3.8) is 0 Å². The third-order valence-corrected chi connectivity index (χ3v) is 9.01. The van der Waals surface area contributed by atoms with Gasteiger partial charge in [-0.2, -0.15) is 4.31 Å². The molecule has 0 radical (unpaired) electrons. The number of carbonyl (C=O) groups is 1. The van der Waals surface area contributed by atoms with Crippen molar-refractivity contribution in [1.29, 1.82) is 0 Å². The van der Waals surface area contributed by atoms with Gasteiger partial charge >= 0.3 is 0 Å². The normalized spacial score (nSPS) is 21.9. The van der Waals surface area contributed by atoms with E-state index in [1.165, 1.54) is 16.4 Å². The zero-order valence-electron chi connectivity index (χ0n) is 21.7. The number of aryl methyl sites for hydroxylation is 1. The number of ether oxygens (including phenoxy) is 1. The van der Waals surface area contributed by atoms with E-state index in [1.54, 1.807) is 12.1 Å². The van der Waals surface area contributed by atoms with Crippen molar-refractivity contribution in [2.45, 2.75) is 44.3 Å². The monoisotopic (exact) mass is 525 g/mol. The summed E-state index contributed by atoms with van der Waals surface area (Å²) >= 11 is 0. The zero-order chi connectivity index (χ0) is 26.6. The molecule has 2 saturated heterocycles. The number of rotatable bonds is 7. The predicted octanol–water partition coefficient (Wildman–Crippen LogP) is 3.10. The molecule has 0 saturated carbocycles. The van der Waals surface area contributed by atoms with Crippen LogP contribution in [0.5, 0.6) is 0 Å². The number of morpholine rings is 1. The Morgan fingerprint density at radius 3 is 2.46 bits per heavy atom. The molecular formula is C27H35N5O4S. The van der Waals surface area contributed by atoms with Gasteiger partial charge in [0.15, 0.2) is 5.69 Å². The van der Waals surface area contributed by atoms with E-state index >= 15 is 0 Å². The molecule has 0 bridgehead atoms. The number of carbonyl (C=O) groups excluding carboxylic acids is 1. The molecule has 0 spiro atoms. The molecule has 0 aromatic heterocycles. The number of hydrogen-bond donors (Lipinski definition) is 1. The summed E-state index contributed by atoms with van der Waals surface area (Å²) in [5.41, 5.74) is 3.24. The number of nitrogens with one attached hydrogen (secondary N) is 1. The molecule has 2 heterocycles. The van der Waals surface area contributed by atoms with Gasteiger partial charge in [0.25, 0.3) is 0 Å². The maximum Gasteiger partial charge on any atom is 0.242 e. The van der Waals surface area contributed by atoms with Crippen molar-refractivity contribution >= 4 is 27.3 Å². The minimum absolute atomic E-state index is 0.118. The van der Waals surface area contributed by atoms with Crippen molar-refractivity contribution in [1.82, 2.24) is 14.1 Å². The predicted molar refractivity (Wildman–Crippen MR) is 143 cm³/mol. The highest BCUT2D eigenvalue weighted by Gasteiger charge is 2.38. The number of benzene rings is 2. The first-order chi connectivity index (χ1) is 17.7. The van der Waals surface area contributed by atoms with Crippen molar-refractivity contribution in [3.8, 4) is 0 Å². The number of sulfonamides is 1. The third kappa shape index (κ3) is 6.55. The van der Waals surface area contributed by atoms with Gasteiger partial charge in [-0.3, -0.25) is 14.6 Å². The topological polar surface area (TPSA) is 86.5 Å². The molecule has 10 heteroatoms. The number of nitrogens with zero attached hydrogens (tertiary/aromatic N) is 4. The Kier molecular flexibility index (Phi) is 8.62. The minimum Gasteiger partial charge on any atom is -0.379 e. The lowest BCUT2D eigenvalue weighted by Crippen LogP contribution is -2.59. The number of piperazine rings is 1. The molecule has 0 unspecified atom stereocenters. The van der Waals surface area contributed by atoms with Crippen LogP contribution in [-0.2, 0) is 26.1 Å². The zero-order valence-corrected chi connectivity index (χ0v) is 22.5. The third-order valence-electron chi connectivity index (χ3n) is 6.89. The van der Waals surface area contributed by atoms with Crippen molar-refractivity contribution in [3.05, 3.63) is 65.0 Å². The van der Waals surface area contributed by atoms with E-state index in [2.05, 4.69) is 21.1 Å². The maximum atomic E-state index is 13.4. The lowest BCUT2D eigenvalue weighted by Gasteiger charge is -2.43. The Hall–Kier alpha value is -2.81. The molecule has 9 nitrogen and oxygen atoms in total. The molecule has 37 heavy (non-hydrogen) atoms. The van der Waals surface area contributed by atoms with Crippen LogP contribution in [0, 0.1) is 13.5 Å². The van der Waals surface area contributed by atoms with Crippen molar-refractivity contribution < 1.29 is 17.9 Å². The van der Waals surface area contributed by atoms with Crippen LogP contribution in [0.1, 0.15) is 25.0 Å². The Morgan fingerprint density at radius 1 is 1.08 bits per heavy atom. The molecule has 0 aliphatic carbocycles. The van der Waals surface area contributed by atoms with Gasteiger partial charge in [-0.05, 0) is 50.1 Å². The highest BCUT2D eigenvalue weighted by Crippen LogP contribution is 2.27. The van der Waals surface area contributed by atoms with Gasteiger partial charge in [0.2, 0.25) is 15.9 Å². The van der Waals surface area contributed by atoms with Crippen LogP contribution in [0.25, 0.3) is 4.85 Å². The van der Waals surface area contributed by atoms with E-state index in [1.807, 2.05) is 37.8 Å². The summed E-state index contributed by atoms with van der Waals surface area (Å²) in [5, 5.41) is 3.06. The maximum absolute atomic E-state index is 13.4. The van der Waals surface area contributed by atoms with E-state index in [0.717, 1.165) is 49.7 Å². The fourth-order valence-electron chi connectivity index (χ4n) is 5.17. The Bertz CT molecular complexity index is 1260. The quantitative estimate of drug-likeness (QED) is 0.559. The second-order valence-corrected chi connectivity index (χ2v) is 11.8. The van der Waals surface area contributed by atoms with Crippen LogP contribution in [0.2, 0.25) is 0 Å². The molecule has 1 amide bonds. The van der Waals surface area contributed by atoms with E-state index < -0.39 is 10.0 Å². The summed E-state index contributed by atoms with van der Waals surface area (Å²) in [7, 11) is -3.77. The van der Waals surface area contributed by atoms with Crippen LogP contribution in [0.3, 0.4) is 0 Å². The first-order valence-electron chi connectivity index (χ1n) is 12.6. The Morgan fingerprint density at radius 2 is 1.78 bits per heavy atom. The standard InChI is InChI=1S/C27H35N5O4S/c1-20-8-9-23(18-30-10-12-36-13-11-30)14-26(20)29-27(33)19-31-16-21(2)32(22(3)17-31)37(34,35)25-7-5-6-24(15-25)28-4/h5-9,14-15,21-22H,10-13,16-19H2,1-3H3,(H,29,33)/t21-,22+. The SMILES string of the molecule is [C-]#[N+]c1cccc(S(=O)(=O)N2[C@H](C)CN(CC(=O)Nc3cc(CN4CCOCC4)ccc3C)C[C@@H]2C)c1. The van der Waals surface area contributed by atoms with Gasteiger partial charge in [-0.15, -0.1) is 0 Å². The molecule has 4 rings (SSSR count). The van der Waals surface area contributed by atoms with Gasteiger partial charge in [0, 0.05) is 50.5 Å². The smallest absolute Gasteiger partial charge is 0.242 e. The van der Waals surface area contributed by atoms with Crippen LogP contribution in [0.15, 0.2) is 47.4 Å². The van der Waals surface area contributed by atoms with Crippen LogP contribution in [-0.4, -0.2) is 86.5 Å². The van der Waals surface area contributed by atoms with Gasteiger partial charge in [-0.1, -0.05) is 24.3 Å². The summed E-state index contributed by atoms with van der Waals surface area (Å²) in [6.45, 7) is 18.1. The molecule has 198 valence electrons. The lowest BCUT2D eigenvalue weighted by molar-refractivity contribution is -0.118. The van der Waals surface area contributed by atoms with E-state index in [-0.39, 0.29) is 29.4 Å². The first-order valence-corrected chi connectivity index (χ1v) is 14.0. The fourth-order valence-corrected chi connectivity index (χ4v) is 7.01. The number of hydrogen-bond acceptors (Lipinski definition) is 6. The summed E-state index contributed by atoms with van der Waals surface area (Å²) in [6.07, 6.45) is 0. The van der Waals surface area contributed by atoms with Crippen molar-refractivity contribution in [2.24, 2.45) is 0 Å². The highest BCUT2D eigenvalue weighted by molar-refractivity contribution is 7.89. The molecule has 1 N–H and O–H groups in total. The molecule has 2 aliphatic rings. The van der Waals surface area contributed by atoms with Gasteiger partial charge < -0.3 is 10.1 Å². The highest BCUT2D eigenvalue weighted by atomic mass is 32.2. The van der Waals surface area contributed by atoms with Crippen LogP contribution in [0.4, 0.5) is 11.4 Å². The molecule has 2 aromatic carbocycles. The van der Waals surface area contributed by atoms with Gasteiger partial charge in [0.05, 0.1) is 31.2 Å². The Balaban J connectivity index is 1.38. The fraction of sp³-hybridized carbons (Fsp3) is 0.481. The summed E-state index contributed by atoms with van der Waals surface area (Å²) in [6, 6.07) is 11.6. The average molecular weight is 526 g/mol. The summed E-state index contributed by atoms with van der Waals surface area (Å²) in [4.78, 5) is 20.8. The second kappa shape index (κ2) is 11.7. The van der Waals surface area contributed by atoms with Crippen LogP contribution < -0.4 is 5.32 Å². The molecular weight excluding hydrogens is 490 g/mol. The van der Waals surface area contributed by atoms with Crippen LogP contribution >= 0.6 is 0 Å². The minimum atomic E-state index is -3.77. The molecule has 2 aliphatic heterocycles. The van der Waals surface area contributed by atoms with E-state index in [4.69, 9.17) is 11.3 Å². The summed E-state index contributed by atoms with van der Waals surface area (Å²) in [5.74, 6) is -0.118. The molecule has 2 aromatic rings. The van der Waals surface area contributed by atoms with Crippen molar-refractivity contribution in [2.75, 3.05) is 51.3 Å². The first kappa shape index (κ1) is 27.2. The largest absolute Gasteiger partial charge is 0.379 e. The summed E-state index contributed by atoms with van der Waals surface area (Å²) < 4.78 is 33.7. The second-order valence-electron chi connectivity index (χ2n) is 9.92. The Labute approximate surface area is 219 Å². The number of amides is 1. The van der Waals surface area contributed by atoms with Gasteiger partial charge in [-0.25, -0.2) is 13.3 Å². The lowest BCUT2D eigenvalue weighted by atomic mass is 10.1. The number of anilines is 1. The van der Waals surface area contributed by atoms with Gasteiger partial charge in [0.1, 0.15) is 0 Å². The average Bonchev–Trinajstić information content (AvgIpc) is 2.86. The molecule has 2 fully saturated rings. The molecule has 2 atom stereocenters.